The van der Waals surface area contributed by atoms with Gasteiger partial charge in [-0.05, 0) is 37.1 Å². The molecule has 29 heavy (non-hydrogen) atoms. The van der Waals surface area contributed by atoms with Gasteiger partial charge in [0.2, 0.25) is 5.91 Å². The molecule has 1 aromatic carbocycles. The van der Waals surface area contributed by atoms with Crippen molar-refractivity contribution in [2.75, 3.05) is 13.1 Å². The quantitative estimate of drug-likeness (QED) is 0.691. The van der Waals surface area contributed by atoms with E-state index in [0.29, 0.717) is 12.1 Å². The number of fused-ring (bicyclic) bond motifs is 2. The second-order valence-electron chi connectivity index (χ2n) is 7.30. The standard InChI is InChI=1S/C21H19N5O3/c27-17(9-12-26-20(28)13-5-3-10-22-18(13)21(26)29)25-11-4-8-16(25)19-23-14-6-1-2-7-15(14)24-19/h1-3,5-7,10,16H,4,8-9,11-12H2,(H,23,24). The van der Waals surface area contributed by atoms with Crippen molar-refractivity contribution in [3.8, 4) is 0 Å². The number of carbonyl (C=O) groups is 3. The average Bonchev–Trinajstić information content (AvgIpc) is 3.44. The van der Waals surface area contributed by atoms with Crippen molar-refractivity contribution in [1.29, 1.82) is 0 Å². The minimum absolute atomic E-state index is 0.0518. The molecule has 1 fully saturated rings. The van der Waals surface area contributed by atoms with Gasteiger partial charge in [-0.15, -0.1) is 0 Å². The lowest BCUT2D eigenvalue weighted by atomic mass is 10.2. The van der Waals surface area contributed by atoms with E-state index in [0.717, 1.165) is 34.6 Å². The molecule has 5 rings (SSSR count). The van der Waals surface area contributed by atoms with Crippen molar-refractivity contribution in [2.45, 2.75) is 25.3 Å². The van der Waals surface area contributed by atoms with E-state index in [1.54, 1.807) is 17.0 Å². The van der Waals surface area contributed by atoms with Crippen LogP contribution in [0.3, 0.4) is 0 Å². The molecule has 4 heterocycles. The van der Waals surface area contributed by atoms with E-state index in [-0.39, 0.29) is 36.5 Å². The molecule has 8 heteroatoms. The van der Waals surface area contributed by atoms with Crippen LogP contribution in [-0.2, 0) is 4.79 Å². The fourth-order valence-electron chi connectivity index (χ4n) is 4.15. The van der Waals surface area contributed by atoms with Crippen LogP contribution in [0, 0.1) is 0 Å². The minimum atomic E-state index is -0.436. The summed E-state index contributed by atoms with van der Waals surface area (Å²) in [7, 11) is 0. The molecule has 2 aliphatic rings. The molecule has 1 unspecified atom stereocenters. The van der Waals surface area contributed by atoms with Crippen molar-refractivity contribution < 1.29 is 14.4 Å². The maximum atomic E-state index is 12.9. The van der Waals surface area contributed by atoms with Crippen molar-refractivity contribution >= 4 is 28.8 Å². The van der Waals surface area contributed by atoms with Gasteiger partial charge < -0.3 is 9.88 Å². The van der Waals surface area contributed by atoms with E-state index in [4.69, 9.17) is 0 Å². The number of pyridine rings is 1. The van der Waals surface area contributed by atoms with Crippen LogP contribution in [0.15, 0.2) is 42.6 Å². The average molecular weight is 389 g/mol. The summed E-state index contributed by atoms with van der Waals surface area (Å²) >= 11 is 0. The van der Waals surface area contributed by atoms with Gasteiger partial charge in [0, 0.05) is 25.7 Å². The monoisotopic (exact) mass is 389 g/mol. The predicted octanol–water partition coefficient (Wildman–Crippen LogP) is 2.31. The molecule has 0 radical (unpaired) electrons. The van der Waals surface area contributed by atoms with Gasteiger partial charge in [-0.3, -0.25) is 24.3 Å². The number of carbonyl (C=O) groups excluding carboxylic acids is 3. The lowest BCUT2D eigenvalue weighted by molar-refractivity contribution is -0.132. The number of nitrogens with zero attached hydrogens (tertiary/aromatic N) is 4. The summed E-state index contributed by atoms with van der Waals surface area (Å²) in [6.07, 6.45) is 3.30. The Hall–Kier alpha value is -3.55. The van der Waals surface area contributed by atoms with Gasteiger partial charge >= 0.3 is 0 Å². The van der Waals surface area contributed by atoms with Crippen LogP contribution < -0.4 is 0 Å². The molecule has 1 saturated heterocycles. The number of para-hydroxylation sites is 2. The molecular weight excluding hydrogens is 370 g/mol. The summed E-state index contributed by atoms with van der Waals surface area (Å²) in [5, 5.41) is 0. The highest BCUT2D eigenvalue weighted by molar-refractivity contribution is 6.20. The van der Waals surface area contributed by atoms with Crippen LogP contribution >= 0.6 is 0 Å². The Morgan fingerprint density at radius 3 is 2.83 bits per heavy atom. The molecule has 8 nitrogen and oxygen atoms in total. The molecular formula is C21H19N5O3. The normalized spacial score (nSPS) is 18.7. The number of aromatic nitrogens is 3. The van der Waals surface area contributed by atoms with Crippen LogP contribution in [-0.4, -0.2) is 55.6 Å². The molecule has 0 saturated carbocycles. The van der Waals surface area contributed by atoms with Gasteiger partial charge in [-0.1, -0.05) is 12.1 Å². The number of hydrogen-bond donors (Lipinski definition) is 1. The lowest BCUT2D eigenvalue weighted by Crippen LogP contribution is -2.36. The number of aromatic amines is 1. The van der Waals surface area contributed by atoms with Gasteiger partial charge in [-0.25, -0.2) is 4.98 Å². The Morgan fingerprint density at radius 1 is 1.14 bits per heavy atom. The molecule has 3 aromatic rings. The fourth-order valence-corrected chi connectivity index (χ4v) is 4.15. The van der Waals surface area contributed by atoms with Crippen LogP contribution in [0.25, 0.3) is 11.0 Å². The Bertz CT molecular complexity index is 1070. The third-order valence-electron chi connectivity index (χ3n) is 5.58. The first-order valence-corrected chi connectivity index (χ1v) is 9.69. The van der Waals surface area contributed by atoms with E-state index in [1.807, 2.05) is 24.3 Å². The number of benzene rings is 1. The first-order valence-electron chi connectivity index (χ1n) is 9.69. The van der Waals surface area contributed by atoms with E-state index in [9.17, 15) is 14.4 Å². The van der Waals surface area contributed by atoms with Gasteiger partial charge in [0.1, 0.15) is 11.5 Å². The van der Waals surface area contributed by atoms with Crippen LogP contribution in [0.1, 0.15) is 52.0 Å². The maximum absolute atomic E-state index is 12.9. The van der Waals surface area contributed by atoms with Crippen molar-refractivity contribution in [3.05, 3.63) is 59.7 Å². The van der Waals surface area contributed by atoms with E-state index < -0.39 is 5.91 Å². The third-order valence-corrected chi connectivity index (χ3v) is 5.58. The second kappa shape index (κ2) is 6.80. The number of nitrogens with one attached hydrogen (secondary N) is 1. The predicted molar refractivity (Wildman–Crippen MR) is 104 cm³/mol. The first kappa shape index (κ1) is 17.5. The Kier molecular flexibility index (Phi) is 4.12. The van der Waals surface area contributed by atoms with E-state index >= 15 is 0 Å². The summed E-state index contributed by atoms with van der Waals surface area (Å²) in [4.78, 5) is 52.7. The first-order chi connectivity index (χ1) is 14.1. The number of rotatable bonds is 4. The molecule has 1 N–H and O–H groups in total. The number of H-pyrrole nitrogens is 1. The third kappa shape index (κ3) is 2.88. The topological polar surface area (TPSA) is 99.3 Å². The molecule has 0 aliphatic carbocycles. The largest absolute Gasteiger partial charge is 0.340 e. The SMILES string of the molecule is O=C1c2cccnc2C(=O)N1CCC(=O)N1CCCC1c1nc2ccccc2[nH]1. The molecule has 1 atom stereocenters. The minimum Gasteiger partial charge on any atom is -0.340 e. The highest BCUT2D eigenvalue weighted by atomic mass is 16.2. The number of likely N-dealkylation sites (tertiary alicyclic amines) is 1. The molecule has 146 valence electrons. The summed E-state index contributed by atoms with van der Waals surface area (Å²) < 4.78 is 0. The van der Waals surface area contributed by atoms with E-state index in [2.05, 4.69) is 15.0 Å². The number of amides is 3. The smallest absolute Gasteiger partial charge is 0.280 e. The van der Waals surface area contributed by atoms with Crippen LogP contribution in [0.2, 0.25) is 0 Å². The van der Waals surface area contributed by atoms with E-state index in [1.165, 1.54) is 6.20 Å². The van der Waals surface area contributed by atoms with Crippen LogP contribution in [0.5, 0.6) is 0 Å². The van der Waals surface area contributed by atoms with Crippen molar-refractivity contribution in [2.24, 2.45) is 0 Å². The number of imidazole rings is 1. The highest BCUT2D eigenvalue weighted by Crippen LogP contribution is 2.32. The van der Waals surface area contributed by atoms with Crippen molar-refractivity contribution in [3.63, 3.8) is 0 Å². The molecule has 0 bridgehead atoms. The van der Waals surface area contributed by atoms with Crippen molar-refractivity contribution in [1.82, 2.24) is 24.8 Å². The van der Waals surface area contributed by atoms with Gasteiger partial charge in [0.15, 0.2) is 0 Å². The maximum Gasteiger partial charge on any atom is 0.280 e. The van der Waals surface area contributed by atoms with Gasteiger partial charge in [0.05, 0.1) is 22.6 Å². The zero-order valence-corrected chi connectivity index (χ0v) is 15.7. The summed E-state index contributed by atoms with van der Waals surface area (Å²) in [6, 6.07) is 10.9. The molecule has 2 aromatic heterocycles. The Labute approximate surface area is 166 Å². The zero-order chi connectivity index (χ0) is 20.0. The lowest BCUT2D eigenvalue weighted by Gasteiger charge is -2.24. The molecule has 0 spiro atoms. The summed E-state index contributed by atoms with van der Waals surface area (Å²) in [5.41, 5.74) is 2.28. The van der Waals surface area contributed by atoms with Gasteiger partial charge in [0.25, 0.3) is 11.8 Å². The summed E-state index contributed by atoms with van der Waals surface area (Å²) in [6.45, 7) is 0.695. The summed E-state index contributed by atoms with van der Waals surface area (Å²) in [5.74, 6) is -0.130. The second-order valence-corrected chi connectivity index (χ2v) is 7.30. The fraction of sp³-hybridized carbons (Fsp3) is 0.286. The number of hydrogen-bond acceptors (Lipinski definition) is 5. The Morgan fingerprint density at radius 2 is 2.00 bits per heavy atom. The zero-order valence-electron chi connectivity index (χ0n) is 15.7. The Balaban J connectivity index is 1.29. The van der Waals surface area contributed by atoms with Gasteiger partial charge in [-0.2, -0.15) is 0 Å². The highest BCUT2D eigenvalue weighted by Gasteiger charge is 2.38. The van der Waals surface area contributed by atoms with Crippen LogP contribution in [0.4, 0.5) is 0 Å². The molecule has 2 aliphatic heterocycles. The number of imide groups is 1. The molecule has 3 amide bonds.